The third-order valence-electron chi connectivity index (χ3n) is 10.5. The van der Waals surface area contributed by atoms with Crippen LogP contribution in [0.15, 0.2) is 182 Å². The normalized spacial score (nSPS) is 11.8. The van der Waals surface area contributed by atoms with Crippen LogP contribution in [0.1, 0.15) is 0 Å². The van der Waals surface area contributed by atoms with Crippen molar-refractivity contribution in [3.63, 3.8) is 0 Å². The van der Waals surface area contributed by atoms with Crippen molar-refractivity contribution in [2.75, 3.05) is 0 Å². The highest BCUT2D eigenvalue weighted by atomic mass is 15.1. The van der Waals surface area contributed by atoms with E-state index in [0.29, 0.717) is 0 Å². The molecule has 0 fully saturated rings. The van der Waals surface area contributed by atoms with Crippen molar-refractivity contribution >= 4 is 65.4 Å². The Hall–Kier alpha value is -7.04. The summed E-state index contributed by atoms with van der Waals surface area (Å²) in [5.41, 5.74) is 11.7. The van der Waals surface area contributed by atoms with E-state index in [1.807, 2.05) is 24.3 Å². The molecule has 11 aromatic rings. The van der Waals surface area contributed by atoms with Crippen LogP contribution in [-0.2, 0) is 0 Å². The van der Waals surface area contributed by atoms with Crippen LogP contribution >= 0.6 is 0 Å². The van der Waals surface area contributed by atoms with E-state index in [0.717, 1.165) is 50.4 Å². The van der Waals surface area contributed by atoms with Gasteiger partial charge in [0.15, 0.2) is 5.82 Å². The Kier molecular flexibility index (Phi) is 6.22. The number of aromatic nitrogens is 4. The molecule has 0 aliphatic carbocycles. The minimum atomic E-state index is 0.817. The molecular weight excluding hydrogens is 633 g/mol. The molecule has 0 unspecified atom stereocenters. The highest BCUT2D eigenvalue weighted by Gasteiger charge is 2.23. The van der Waals surface area contributed by atoms with E-state index in [9.17, 15) is 0 Å². The first-order valence-corrected chi connectivity index (χ1v) is 17.7. The molecule has 0 aliphatic heterocycles. The summed E-state index contributed by atoms with van der Waals surface area (Å²) in [6.07, 6.45) is 0. The van der Waals surface area contributed by atoms with Gasteiger partial charge in [-0.2, -0.15) is 0 Å². The third kappa shape index (κ3) is 4.21. The van der Waals surface area contributed by atoms with E-state index in [1.165, 1.54) is 48.9 Å². The highest BCUT2D eigenvalue weighted by molar-refractivity contribution is 6.25. The van der Waals surface area contributed by atoms with Crippen LogP contribution in [0.2, 0.25) is 0 Å². The van der Waals surface area contributed by atoms with Gasteiger partial charge in [-0.05, 0) is 70.4 Å². The second-order valence-electron chi connectivity index (χ2n) is 13.4. The summed E-state index contributed by atoms with van der Waals surface area (Å²) in [5.74, 6) is 0.817. The van der Waals surface area contributed by atoms with E-state index in [1.54, 1.807) is 0 Å². The third-order valence-corrected chi connectivity index (χ3v) is 10.5. The second-order valence-corrected chi connectivity index (χ2v) is 13.4. The molecule has 11 rings (SSSR count). The standard InChI is InChI=1S/C48H30N4/c1-3-15-32(16-4-1)47-48(50-40-23-11-10-22-39(40)49-47)52-42-25-13-21-36(46(42)45-35-19-8-7-14-31(35)27-29-43(45)52)33-26-28-38-37-20-9-12-24-41(37)51(44(38)30-33)34-17-5-2-6-18-34/h1-30H. The van der Waals surface area contributed by atoms with Gasteiger partial charge in [-0.3, -0.25) is 4.57 Å². The molecule has 0 spiro atoms. The summed E-state index contributed by atoms with van der Waals surface area (Å²) in [6.45, 7) is 0. The molecule has 0 saturated carbocycles. The van der Waals surface area contributed by atoms with Crippen LogP contribution in [0.3, 0.4) is 0 Å². The van der Waals surface area contributed by atoms with Gasteiger partial charge >= 0.3 is 0 Å². The predicted molar refractivity (Wildman–Crippen MR) is 217 cm³/mol. The maximum Gasteiger partial charge on any atom is 0.165 e. The molecule has 4 nitrogen and oxygen atoms in total. The molecule has 0 aliphatic rings. The average molecular weight is 663 g/mol. The Balaban J connectivity index is 1.27. The average Bonchev–Trinajstić information content (AvgIpc) is 3.74. The second kappa shape index (κ2) is 11.2. The van der Waals surface area contributed by atoms with E-state index in [-0.39, 0.29) is 0 Å². The van der Waals surface area contributed by atoms with Crippen molar-refractivity contribution in [1.29, 1.82) is 0 Å². The number of para-hydroxylation sites is 4. The first-order valence-electron chi connectivity index (χ1n) is 17.7. The fourth-order valence-corrected chi connectivity index (χ4v) is 8.23. The largest absolute Gasteiger partial charge is 0.309 e. The SMILES string of the molecule is c1ccc(-c2nc3ccccc3nc2-n2c3cccc(-c4ccc5c6ccccc6n(-c6ccccc6)c5c4)c3c3c4ccccc4ccc32)cc1. The lowest BCUT2D eigenvalue weighted by Gasteiger charge is -2.14. The molecule has 0 N–H and O–H groups in total. The summed E-state index contributed by atoms with van der Waals surface area (Å²) < 4.78 is 4.73. The molecule has 3 aromatic heterocycles. The summed E-state index contributed by atoms with van der Waals surface area (Å²) in [5, 5.41) is 7.31. The van der Waals surface area contributed by atoms with Gasteiger partial charge in [0.05, 0.1) is 33.1 Å². The number of benzene rings is 8. The predicted octanol–water partition coefficient (Wildman–Crippen LogP) is 12.3. The van der Waals surface area contributed by atoms with Crippen LogP contribution in [0.25, 0.3) is 99.3 Å². The molecule has 0 bridgehead atoms. The van der Waals surface area contributed by atoms with E-state index in [2.05, 4.69) is 167 Å². The maximum atomic E-state index is 5.38. The zero-order valence-corrected chi connectivity index (χ0v) is 28.1. The van der Waals surface area contributed by atoms with Crippen LogP contribution in [0.5, 0.6) is 0 Å². The van der Waals surface area contributed by atoms with Gasteiger partial charge in [-0.25, -0.2) is 9.97 Å². The van der Waals surface area contributed by atoms with Crippen LogP contribution in [-0.4, -0.2) is 19.1 Å². The zero-order valence-electron chi connectivity index (χ0n) is 28.1. The first kappa shape index (κ1) is 28.8. The molecular formula is C48H30N4. The van der Waals surface area contributed by atoms with Crippen molar-refractivity contribution < 1.29 is 0 Å². The van der Waals surface area contributed by atoms with Crippen molar-refractivity contribution in [1.82, 2.24) is 19.1 Å². The maximum absolute atomic E-state index is 5.38. The van der Waals surface area contributed by atoms with E-state index < -0.39 is 0 Å². The number of hydrogen-bond donors (Lipinski definition) is 0. The highest BCUT2D eigenvalue weighted by Crippen LogP contribution is 2.44. The fourth-order valence-electron chi connectivity index (χ4n) is 8.23. The van der Waals surface area contributed by atoms with Crippen molar-refractivity contribution in [3.05, 3.63) is 182 Å². The zero-order chi connectivity index (χ0) is 34.2. The van der Waals surface area contributed by atoms with Gasteiger partial charge in [0.25, 0.3) is 0 Å². The van der Waals surface area contributed by atoms with E-state index in [4.69, 9.17) is 9.97 Å². The monoisotopic (exact) mass is 662 g/mol. The van der Waals surface area contributed by atoms with Gasteiger partial charge in [0.2, 0.25) is 0 Å². The lowest BCUT2D eigenvalue weighted by atomic mass is 9.96. The van der Waals surface area contributed by atoms with Crippen molar-refractivity contribution in [2.45, 2.75) is 0 Å². The molecule has 0 radical (unpaired) electrons. The Morgan fingerprint density at radius 1 is 0.365 bits per heavy atom. The van der Waals surface area contributed by atoms with Gasteiger partial charge in [-0.1, -0.05) is 133 Å². The Bertz CT molecular complexity index is 3170. The molecule has 0 amide bonds. The minimum Gasteiger partial charge on any atom is -0.309 e. The summed E-state index contributed by atoms with van der Waals surface area (Å²) in [4.78, 5) is 10.6. The number of nitrogens with zero attached hydrogens (tertiary/aromatic N) is 4. The summed E-state index contributed by atoms with van der Waals surface area (Å²) in [7, 11) is 0. The number of fused-ring (bicyclic) bond motifs is 9. The van der Waals surface area contributed by atoms with Gasteiger partial charge in [0.1, 0.15) is 5.69 Å². The van der Waals surface area contributed by atoms with Crippen LogP contribution in [0, 0.1) is 0 Å². The Morgan fingerprint density at radius 2 is 1.02 bits per heavy atom. The quantitative estimate of drug-likeness (QED) is 0.188. The van der Waals surface area contributed by atoms with Gasteiger partial charge < -0.3 is 4.57 Å². The Labute approximate surface area is 299 Å². The molecule has 4 heteroatoms. The number of rotatable bonds is 4. The van der Waals surface area contributed by atoms with Crippen molar-refractivity contribution in [2.24, 2.45) is 0 Å². The van der Waals surface area contributed by atoms with Gasteiger partial charge in [-0.15, -0.1) is 0 Å². The molecule has 8 aromatic carbocycles. The number of hydrogen-bond acceptors (Lipinski definition) is 2. The van der Waals surface area contributed by atoms with E-state index >= 15 is 0 Å². The molecule has 52 heavy (non-hydrogen) atoms. The first-order chi connectivity index (χ1) is 25.8. The summed E-state index contributed by atoms with van der Waals surface area (Å²) in [6, 6.07) is 64.8. The van der Waals surface area contributed by atoms with Gasteiger partial charge in [0, 0.05) is 32.8 Å². The summed E-state index contributed by atoms with van der Waals surface area (Å²) >= 11 is 0. The Morgan fingerprint density at radius 3 is 1.87 bits per heavy atom. The van der Waals surface area contributed by atoms with Crippen LogP contribution in [0.4, 0.5) is 0 Å². The van der Waals surface area contributed by atoms with Crippen LogP contribution < -0.4 is 0 Å². The van der Waals surface area contributed by atoms with Crippen molar-refractivity contribution in [3.8, 4) is 33.9 Å². The topological polar surface area (TPSA) is 35.6 Å². The lowest BCUT2D eigenvalue weighted by molar-refractivity contribution is 1.08. The molecule has 3 heterocycles. The minimum absolute atomic E-state index is 0.817. The molecule has 242 valence electrons. The lowest BCUT2D eigenvalue weighted by Crippen LogP contribution is -2.03. The smallest absolute Gasteiger partial charge is 0.165 e. The fraction of sp³-hybridized carbons (Fsp3) is 0. The molecule has 0 atom stereocenters. The molecule has 0 saturated heterocycles.